The molecule has 0 aromatic heterocycles. The molecular formula is C11H26BO5P. The fourth-order valence-corrected chi connectivity index (χ4v) is 1.77. The van der Waals surface area contributed by atoms with Gasteiger partial charge in [0.05, 0.1) is 25.4 Å². The normalized spacial score (nSPS) is 10.8. The van der Waals surface area contributed by atoms with Gasteiger partial charge < -0.3 is 18.3 Å². The van der Waals surface area contributed by atoms with Gasteiger partial charge in [0.25, 0.3) is 0 Å². The number of hydrogen-bond acceptors (Lipinski definition) is 5. The Bertz CT molecular complexity index is 188. The first-order chi connectivity index (χ1) is 8.18. The average Bonchev–Trinajstić information content (AvgIpc) is 2.14. The maximum atomic E-state index is 9.59. The molecule has 5 nitrogen and oxygen atoms in total. The molecule has 18 heavy (non-hydrogen) atoms. The van der Waals surface area contributed by atoms with Crippen molar-refractivity contribution in [2.75, 3.05) is 7.11 Å². The highest BCUT2D eigenvalue weighted by atomic mass is 31.2. The van der Waals surface area contributed by atoms with E-state index in [4.69, 9.17) is 13.6 Å². The van der Waals surface area contributed by atoms with Crippen LogP contribution in [0, 0.1) is 0 Å². The van der Waals surface area contributed by atoms with Gasteiger partial charge in [0, 0.05) is 0 Å². The Labute approximate surface area is 113 Å². The number of carbonyl (C=O) groups excluding carboxylic acids is 1. The van der Waals surface area contributed by atoms with E-state index in [0.29, 0.717) is 0 Å². The Morgan fingerprint density at radius 2 is 1.11 bits per heavy atom. The molecular weight excluding hydrogens is 254 g/mol. The number of hydrogen-bond donors (Lipinski definition) is 0. The first kappa shape index (κ1) is 20.2. The van der Waals surface area contributed by atoms with Gasteiger partial charge in [-0.25, -0.2) is 0 Å². The van der Waals surface area contributed by atoms with E-state index in [-0.39, 0.29) is 24.2 Å². The van der Waals surface area contributed by atoms with Crippen LogP contribution in [0.25, 0.3) is 0 Å². The smallest absolute Gasteiger partial charge is 0.333 e. The van der Waals surface area contributed by atoms with Crippen LogP contribution in [0.4, 0.5) is 4.79 Å². The SMILES string of the molecule is BC(=O)OC.CC(C)OP(OC(C)C)OC(C)C. The lowest BCUT2D eigenvalue weighted by Crippen LogP contribution is -2.09. The summed E-state index contributed by atoms with van der Waals surface area (Å²) in [6.45, 7) is 11.8. The van der Waals surface area contributed by atoms with Crippen LogP contribution in [0.15, 0.2) is 0 Å². The summed E-state index contributed by atoms with van der Waals surface area (Å²) in [4.78, 5) is 9.59. The Kier molecular flexibility index (Phi) is 13.3. The minimum atomic E-state index is -1.18. The van der Waals surface area contributed by atoms with E-state index in [1.807, 2.05) is 41.5 Å². The van der Waals surface area contributed by atoms with Crippen LogP contribution in [-0.2, 0) is 18.3 Å². The number of methoxy groups -OCH3 is 1. The molecule has 0 unspecified atom stereocenters. The fourth-order valence-electron chi connectivity index (χ4n) is 0.591. The minimum absolute atomic E-state index is 0.142. The Balaban J connectivity index is 0. The zero-order valence-corrected chi connectivity index (χ0v) is 13.6. The number of rotatable bonds is 6. The van der Waals surface area contributed by atoms with Crippen LogP contribution >= 0.6 is 8.60 Å². The summed E-state index contributed by atoms with van der Waals surface area (Å²) in [5.41, 5.74) is 0. The molecule has 0 saturated carbocycles. The Hall–Kier alpha value is -0.155. The molecule has 0 aliphatic rings. The summed E-state index contributed by atoms with van der Waals surface area (Å²) >= 11 is 0. The molecule has 0 aliphatic heterocycles. The quantitative estimate of drug-likeness (QED) is 0.553. The van der Waals surface area contributed by atoms with Gasteiger partial charge in [0.2, 0.25) is 13.7 Å². The lowest BCUT2D eigenvalue weighted by atomic mass is 10.2. The Morgan fingerprint density at radius 1 is 0.889 bits per heavy atom. The molecule has 0 heterocycles. The van der Waals surface area contributed by atoms with E-state index in [9.17, 15) is 4.79 Å². The lowest BCUT2D eigenvalue weighted by molar-refractivity contribution is 0.0945. The topological polar surface area (TPSA) is 54.0 Å². The highest BCUT2D eigenvalue weighted by Gasteiger charge is 2.17. The zero-order chi connectivity index (χ0) is 14.7. The van der Waals surface area contributed by atoms with Gasteiger partial charge in [0.1, 0.15) is 0 Å². The summed E-state index contributed by atoms with van der Waals surface area (Å²) in [5, 5.41) is 0. The Morgan fingerprint density at radius 3 is 1.22 bits per heavy atom. The van der Waals surface area contributed by atoms with E-state index in [1.165, 1.54) is 15.0 Å². The molecule has 108 valence electrons. The van der Waals surface area contributed by atoms with Crippen molar-refractivity contribution in [2.45, 2.75) is 59.9 Å². The second-order valence-electron chi connectivity index (χ2n) is 4.38. The summed E-state index contributed by atoms with van der Waals surface area (Å²) in [5.74, 6) is -0.245. The third-order valence-corrected chi connectivity index (χ3v) is 2.96. The van der Waals surface area contributed by atoms with Gasteiger partial charge in [0.15, 0.2) is 0 Å². The molecule has 0 N–H and O–H groups in total. The van der Waals surface area contributed by atoms with Gasteiger partial charge in [-0.05, 0) is 41.5 Å². The van der Waals surface area contributed by atoms with Crippen LogP contribution in [0.5, 0.6) is 0 Å². The van der Waals surface area contributed by atoms with Gasteiger partial charge in [-0.2, -0.15) is 0 Å². The molecule has 0 aliphatic carbocycles. The first-order valence-corrected chi connectivity index (χ1v) is 7.13. The maximum Gasteiger partial charge on any atom is 0.333 e. The molecule has 0 aromatic rings. The largest absolute Gasteiger partial charge is 0.477 e. The molecule has 7 heteroatoms. The second kappa shape index (κ2) is 11.9. The minimum Gasteiger partial charge on any atom is -0.477 e. The highest BCUT2D eigenvalue weighted by molar-refractivity contribution is 7.41. The molecule has 0 bridgehead atoms. The predicted molar refractivity (Wildman–Crippen MR) is 76.5 cm³/mol. The van der Waals surface area contributed by atoms with Crippen molar-refractivity contribution < 1.29 is 23.1 Å². The van der Waals surface area contributed by atoms with Crippen LogP contribution in [0.3, 0.4) is 0 Å². The molecule has 0 aromatic carbocycles. The third-order valence-electron chi connectivity index (χ3n) is 1.18. The van der Waals surface area contributed by atoms with Crippen LogP contribution < -0.4 is 0 Å². The van der Waals surface area contributed by atoms with Crippen LogP contribution in [-0.4, -0.2) is 39.1 Å². The third kappa shape index (κ3) is 18.2. The van der Waals surface area contributed by atoms with Crippen molar-refractivity contribution in [3.63, 3.8) is 0 Å². The second-order valence-corrected chi connectivity index (χ2v) is 5.46. The van der Waals surface area contributed by atoms with Crippen molar-refractivity contribution in [2.24, 2.45) is 0 Å². The van der Waals surface area contributed by atoms with Gasteiger partial charge in [-0.15, -0.1) is 0 Å². The van der Waals surface area contributed by atoms with Crippen molar-refractivity contribution in [1.29, 1.82) is 0 Å². The molecule has 0 rings (SSSR count). The molecule has 0 atom stereocenters. The maximum absolute atomic E-state index is 9.59. The van der Waals surface area contributed by atoms with Crippen molar-refractivity contribution >= 4 is 22.3 Å². The van der Waals surface area contributed by atoms with Crippen LogP contribution in [0.1, 0.15) is 41.5 Å². The van der Waals surface area contributed by atoms with Crippen molar-refractivity contribution in [3.8, 4) is 0 Å². The molecule has 0 saturated heterocycles. The summed E-state index contributed by atoms with van der Waals surface area (Å²) < 4.78 is 20.6. The van der Waals surface area contributed by atoms with Crippen LogP contribution in [0.2, 0.25) is 0 Å². The van der Waals surface area contributed by atoms with Gasteiger partial charge in [-0.1, -0.05) is 0 Å². The van der Waals surface area contributed by atoms with Crippen molar-refractivity contribution in [1.82, 2.24) is 0 Å². The standard InChI is InChI=1S/C9H21O3P.C2H5BO2/c1-7(2)10-13(11-8(3)4)12-9(5)6;1-5-2(3)4/h7-9H,1-6H3;3H2,1H3. The lowest BCUT2D eigenvalue weighted by Gasteiger charge is -2.22. The molecule has 0 spiro atoms. The highest BCUT2D eigenvalue weighted by Crippen LogP contribution is 2.43. The monoisotopic (exact) mass is 280 g/mol. The van der Waals surface area contributed by atoms with Gasteiger partial charge in [-0.3, -0.25) is 4.79 Å². The van der Waals surface area contributed by atoms with E-state index >= 15 is 0 Å². The summed E-state index contributed by atoms with van der Waals surface area (Å²) in [7, 11) is 1.53. The summed E-state index contributed by atoms with van der Waals surface area (Å²) in [6.07, 6.45) is 0.427. The number of ether oxygens (including phenoxy) is 1. The number of carbonyl (C=O) groups is 1. The van der Waals surface area contributed by atoms with E-state index in [0.717, 1.165) is 0 Å². The molecule has 0 fully saturated rings. The average molecular weight is 280 g/mol. The zero-order valence-electron chi connectivity index (χ0n) is 12.7. The molecule has 0 radical (unpaired) electrons. The van der Waals surface area contributed by atoms with Crippen molar-refractivity contribution in [3.05, 3.63) is 0 Å². The van der Waals surface area contributed by atoms with Gasteiger partial charge >= 0.3 is 8.60 Å². The predicted octanol–water partition coefficient (Wildman–Crippen LogP) is 2.87. The van der Waals surface area contributed by atoms with E-state index < -0.39 is 8.60 Å². The summed E-state index contributed by atoms with van der Waals surface area (Å²) in [6, 6.07) is 0. The molecule has 0 amide bonds. The first-order valence-electron chi connectivity index (χ1n) is 6.04. The fraction of sp³-hybridized carbons (Fsp3) is 0.909. The van der Waals surface area contributed by atoms with E-state index in [2.05, 4.69) is 4.74 Å². The van der Waals surface area contributed by atoms with E-state index in [1.54, 1.807) is 0 Å².